The number of para-hydroxylation sites is 1. The van der Waals surface area contributed by atoms with E-state index in [1.807, 2.05) is 97.1 Å². The SMILES string of the molecule is c1ccc(-c2cc(-c3ccccc3)cc(N3c4ccc(-c5ccccc5)cc4B4c5cc(-c6ccccc6)ccc5N(c5cc(-c6ccccc6)cc(-c6ccccc6)c5)c5cc(-c6ccc7c(c6)c6ccccc6n7-c6ccc(-c7nc(-c8ccccc8)nc(-c8ccccc8)n7)cc6-c6nc(-c7ccccc7)nc(-c7ccccc7)n6)cc3c54)c2)cc1. The lowest BCUT2D eigenvalue weighted by Gasteiger charge is -2.45. The number of aromatic nitrogens is 7. The van der Waals surface area contributed by atoms with Crippen molar-refractivity contribution in [3.8, 4) is 152 Å². The van der Waals surface area contributed by atoms with E-state index in [0.717, 1.165) is 173 Å². The molecule has 9 nitrogen and oxygen atoms in total. The maximum atomic E-state index is 5.51. The number of nitrogens with zero attached hydrogens (tertiary/aromatic N) is 9. The third-order valence-electron chi connectivity index (χ3n) is 24.2. The third-order valence-corrected chi connectivity index (χ3v) is 24.2. The van der Waals surface area contributed by atoms with E-state index in [2.05, 4.69) is 366 Å². The molecule has 578 valence electrons. The summed E-state index contributed by atoms with van der Waals surface area (Å²) in [7, 11) is 0. The molecule has 23 rings (SSSR count). The fraction of sp³-hybridized carbons (Fsp3) is 0. The molecule has 0 aliphatic carbocycles. The molecule has 0 unspecified atom stereocenters. The largest absolute Gasteiger partial charge is 0.311 e. The Morgan fingerprint density at radius 1 is 0.169 bits per heavy atom. The second kappa shape index (κ2) is 31.0. The van der Waals surface area contributed by atoms with Crippen LogP contribution >= 0.6 is 0 Å². The Kier molecular flexibility index (Phi) is 18.2. The highest BCUT2D eigenvalue weighted by molar-refractivity contribution is 7.00. The molecule has 18 aromatic carbocycles. The average molecular weight is 1580 g/mol. The first-order chi connectivity index (χ1) is 61.4. The number of hydrogen-bond donors (Lipinski definition) is 0. The standard InChI is InChI=1S/C114H74BN9/c1-11-33-75(34-12-1)86-56-61-104-99(71-86)115-100-72-87(76-35-13-2-14-36-76)57-62-105(100)123(95-67-91(79-41-19-5-20-42-79)64-92(68-95)80-43-21-6-22-44-80)107-74-93(73-106(108(107)115)122(104)94-65-89(77-37-15-3-16-38-77)63-90(66-94)78-39-17-4-18-40-78)85-55-59-102-97(69-85)96-53-31-32-54-101(96)124(102)103-60-58-88(113-118-109(81-45-23-7-24-46-81)116-110(119-113)82-47-25-8-26-48-82)70-98(103)114-120-111(83-49-27-9-28-50-83)117-112(121-114)84-51-29-10-30-52-84/h1-74H. The lowest BCUT2D eigenvalue weighted by molar-refractivity contribution is 1.06. The first kappa shape index (κ1) is 72.7. The molecular formula is C114H74BN9. The van der Waals surface area contributed by atoms with Crippen molar-refractivity contribution in [1.29, 1.82) is 0 Å². The van der Waals surface area contributed by atoms with Crippen LogP contribution in [0.25, 0.3) is 174 Å². The molecule has 0 N–H and O–H groups in total. The topological polar surface area (TPSA) is 88.8 Å². The number of fused-ring (bicyclic) bond motifs is 7. The molecule has 0 amide bonds. The molecule has 124 heavy (non-hydrogen) atoms. The van der Waals surface area contributed by atoms with Crippen molar-refractivity contribution in [2.24, 2.45) is 0 Å². The van der Waals surface area contributed by atoms with Crippen molar-refractivity contribution in [1.82, 2.24) is 34.5 Å². The Labute approximate surface area is 719 Å². The predicted octanol–water partition coefficient (Wildman–Crippen LogP) is 26.9. The van der Waals surface area contributed by atoms with Gasteiger partial charge in [-0.2, -0.15) is 0 Å². The molecule has 2 aliphatic rings. The van der Waals surface area contributed by atoms with Gasteiger partial charge in [0.15, 0.2) is 34.9 Å². The number of benzene rings is 18. The Balaban J connectivity index is 0.798. The van der Waals surface area contributed by atoms with Crippen LogP contribution in [-0.2, 0) is 0 Å². The quantitative estimate of drug-likeness (QED) is 0.0884. The lowest BCUT2D eigenvalue weighted by Crippen LogP contribution is -2.61. The van der Waals surface area contributed by atoms with Crippen LogP contribution in [0.3, 0.4) is 0 Å². The summed E-state index contributed by atoms with van der Waals surface area (Å²) in [6.07, 6.45) is 0. The van der Waals surface area contributed by atoms with Crippen molar-refractivity contribution < 1.29 is 0 Å². The summed E-state index contributed by atoms with van der Waals surface area (Å²) in [4.78, 5) is 37.2. The molecule has 0 bridgehead atoms. The van der Waals surface area contributed by atoms with E-state index in [4.69, 9.17) is 29.9 Å². The molecule has 5 heterocycles. The maximum absolute atomic E-state index is 5.51. The van der Waals surface area contributed by atoms with Crippen molar-refractivity contribution in [2.75, 3.05) is 9.80 Å². The van der Waals surface area contributed by atoms with Crippen molar-refractivity contribution >= 4 is 79.0 Å². The Morgan fingerprint density at radius 2 is 0.452 bits per heavy atom. The third kappa shape index (κ3) is 13.3. The van der Waals surface area contributed by atoms with Gasteiger partial charge in [-0.25, -0.2) is 29.9 Å². The molecule has 2 aliphatic heterocycles. The first-order valence-corrected chi connectivity index (χ1v) is 42.1. The van der Waals surface area contributed by atoms with Crippen LogP contribution < -0.4 is 26.2 Å². The zero-order valence-electron chi connectivity index (χ0n) is 67.3. The minimum absolute atomic E-state index is 0.263. The van der Waals surface area contributed by atoms with Gasteiger partial charge in [0.2, 0.25) is 0 Å². The van der Waals surface area contributed by atoms with Crippen LogP contribution in [0, 0.1) is 0 Å². The van der Waals surface area contributed by atoms with Gasteiger partial charge in [-0.3, -0.25) is 0 Å². The van der Waals surface area contributed by atoms with Gasteiger partial charge in [-0.1, -0.05) is 352 Å². The zero-order chi connectivity index (χ0) is 82.0. The van der Waals surface area contributed by atoms with Gasteiger partial charge in [0.1, 0.15) is 0 Å². The summed E-state index contributed by atoms with van der Waals surface area (Å²) in [6, 6.07) is 162. The Hall–Kier alpha value is -16.6. The summed E-state index contributed by atoms with van der Waals surface area (Å²) in [5.74, 6) is 3.18. The zero-order valence-corrected chi connectivity index (χ0v) is 67.3. The van der Waals surface area contributed by atoms with E-state index in [9.17, 15) is 0 Å². The number of hydrogen-bond acceptors (Lipinski definition) is 8. The van der Waals surface area contributed by atoms with Gasteiger partial charge >= 0.3 is 0 Å². The normalized spacial score (nSPS) is 12.0. The molecule has 0 spiro atoms. The van der Waals surface area contributed by atoms with Crippen LogP contribution in [0.1, 0.15) is 0 Å². The Bertz CT molecular complexity index is 7160. The molecule has 10 heteroatoms. The second-order valence-electron chi connectivity index (χ2n) is 31.7. The maximum Gasteiger partial charge on any atom is 0.252 e. The molecule has 21 aromatic rings. The van der Waals surface area contributed by atoms with E-state index in [1.54, 1.807) is 0 Å². The van der Waals surface area contributed by atoms with Crippen LogP contribution in [0.4, 0.5) is 34.1 Å². The van der Waals surface area contributed by atoms with Gasteiger partial charge in [0, 0.05) is 78.3 Å². The fourth-order valence-corrected chi connectivity index (χ4v) is 18.3. The van der Waals surface area contributed by atoms with Crippen molar-refractivity contribution in [2.45, 2.75) is 0 Å². The molecule has 3 aromatic heterocycles. The van der Waals surface area contributed by atoms with Gasteiger partial charge in [0.25, 0.3) is 6.71 Å². The minimum Gasteiger partial charge on any atom is -0.311 e. The van der Waals surface area contributed by atoms with E-state index >= 15 is 0 Å². The van der Waals surface area contributed by atoms with E-state index in [0.29, 0.717) is 34.9 Å². The molecule has 0 atom stereocenters. The van der Waals surface area contributed by atoms with Crippen molar-refractivity contribution in [3.63, 3.8) is 0 Å². The fourth-order valence-electron chi connectivity index (χ4n) is 18.3. The number of anilines is 6. The molecule has 0 saturated carbocycles. The predicted molar refractivity (Wildman–Crippen MR) is 512 cm³/mol. The van der Waals surface area contributed by atoms with Crippen LogP contribution in [0.2, 0.25) is 0 Å². The molecule has 0 fully saturated rings. The molecular weight excluding hydrogens is 1510 g/mol. The van der Waals surface area contributed by atoms with Crippen LogP contribution in [-0.4, -0.2) is 41.2 Å². The van der Waals surface area contributed by atoms with E-state index < -0.39 is 0 Å². The highest BCUT2D eigenvalue weighted by atomic mass is 15.2. The monoisotopic (exact) mass is 1580 g/mol. The highest BCUT2D eigenvalue weighted by Gasteiger charge is 2.45. The van der Waals surface area contributed by atoms with Gasteiger partial charge < -0.3 is 14.4 Å². The van der Waals surface area contributed by atoms with Crippen LogP contribution in [0.5, 0.6) is 0 Å². The molecule has 0 radical (unpaired) electrons. The van der Waals surface area contributed by atoms with Crippen molar-refractivity contribution in [3.05, 3.63) is 449 Å². The smallest absolute Gasteiger partial charge is 0.252 e. The average Bonchev–Trinajstić information content (AvgIpc) is 0.825. The summed E-state index contributed by atoms with van der Waals surface area (Å²) >= 11 is 0. The summed E-state index contributed by atoms with van der Waals surface area (Å²) in [5, 5.41) is 2.14. The second-order valence-corrected chi connectivity index (χ2v) is 31.7. The lowest BCUT2D eigenvalue weighted by atomic mass is 9.33. The van der Waals surface area contributed by atoms with Gasteiger partial charge in [-0.15, -0.1) is 0 Å². The van der Waals surface area contributed by atoms with Gasteiger partial charge in [0.05, 0.1) is 16.7 Å². The highest BCUT2D eigenvalue weighted by Crippen LogP contribution is 2.51. The van der Waals surface area contributed by atoms with E-state index in [1.165, 1.54) is 16.4 Å². The first-order valence-electron chi connectivity index (χ1n) is 42.1. The summed E-state index contributed by atoms with van der Waals surface area (Å²) in [6.45, 7) is -0.263. The minimum atomic E-state index is -0.263. The molecule has 0 saturated heterocycles. The summed E-state index contributed by atoms with van der Waals surface area (Å²) in [5.41, 5.74) is 33.5. The summed E-state index contributed by atoms with van der Waals surface area (Å²) < 4.78 is 2.39. The Morgan fingerprint density at radius 3 is 0.831 bits per heavy atom. The van der Waals surface area contributed by atoms with Crippen LogP contribution in [0.15, 0.2) is 449 Å². The van der Waals surface area contributed by atoms with E-state index in [-0.39, 0.29) is 6.71 Å². The number of rotatable bonds is 16. The van der Waals surface area contributed by atoms with Gasteiger partial charge in [-0.05, 0) is 191 Å².